The van der Waals surface area contributed by atoms with Gasteiger partial charge in [0.05, 0.1) is 13.2 Å². The molecule has 6 heteroatoms. The van der Waals surface area contributed by atoms with Crippen molar-refractivity contribution < 1.29 is 9.13 Å². The van der Waals surface area contributed by atoms with Crippen LogP contribution in [-0.4, -0.2) is 30.9 Å². The highest BCUT2D eigenvalue weighted by molar-refractivity contribution is 6.30. The number of aromatic nitrogens is 1. The van der Waals surface area contributed by atoms with E-state index in [1.54, 1.807) is 42.0 Å². The summed E-state index contributed by atoms with van der Waals surface area (Å²) in [6.07, 6.45) is 1.76. The van der Waals surface area contributed by atoms with Crippen molar-refractivity contribution in [2.24, 2.45) is 5.92 Å². The van der Waals surface area contributed by atoms with Crippen molar-refractivity contribution in [3.05, 3.63) is 69.4 Å². The van der Waals surface area contributed by atoms with Gasteiger partial charge in [-0.3, -0.25) is 4.79 Å². The van der Waals surface area contributed by atoms with Crippen LogP contribution in [0.25, 0.3) is 0 Å². The van der Waals surface area contributed by atoms with Gasteiger partial charge >= 0.3 is 0 Å². The summed E-state index contributed by atoms with van der Waals surface area (Å²) in [6.45, 7) is 5.56. The van der Waals surface area contributed by atoms with E-state index in [-0.39, 0.29) is 16.4 Å². The van der Waals surface area contributed by atoms with E-state index < -0.39 is 0 Å². The molecule has 24 heavy (non-hydrogen) atoms. The van der Waals surface area contributed by atoms with Crippen molar-refractivity contribution in [1.82, 2.24) is 9.88 Å². The number of hydrogen-bond donors (Lipinski definition) is 1. The summed E-state index contributed by atoms with van der Waals surface area (Å²) in [4.78, 5) is 11.7. The van der Waals surface area contributed by atoms with Crippen molar-refractivity contribution in [2.75, 3.05) is 26.3 Å². The number of hydrogen-bond acceptors (Lipinski definition) is 3. The Bertz CT molecular complexity index is 676. The molecule has 130 valence electrons. The lowest BCUT2D eigenvalue weighted by molar-refractivity contribution is 0.117. The molecule has 1 fully saturated rings. The van der Waals surface area contributed by atoms with Crippen LogP contribution in [0.1, 0.15) is 5.56 Å². The van der Waals surface area contributed by atoms with Gasteiger partial charge in [-0.05, 0) is 30.7 Å². The highest BCUT2D eigenvalue weighted by Gasteiger charge is 2.13. The summed E-state index contributed by atoms with van der Waals surface area (Å²) in [7, 11) is 0. The third-order valence-electron chi connectivity index (χ3n) is 3.71. The second-order valence-corrected chi connectivity index (χ2v) is 6.12. The van der Waals surface area contributed by atoms with E-state index >= 15 is 0 Å². The molecule has 3 rings (SSSR count). The Morgan fingerprint density at radius 2 is 2.12 bits per heavy atom. The molecule has 0 spiro atoms. The maximum Gasteiger partial charge on any atom is 0.269 e. The van der Waals surface area contributed by atoms with Gasteiger partial charge in [0.1, 0.15) is 10.8 Å². The van der Waals surface area contributed by atoms with E-state index in [1.807, 2.05) is 6.07 Å². The average Bonchev–Trinajstić information content (AvgIpc) is 2.84. The van der Waals surface area contributed by atoms with Gasteiger partial charge in [-0.2, -0.15) is 0 Å². The quantitative estimate of drug-likeness (QED) is 0.903. The van der Waals surface area contributed by atoms with Crippen molar-refractivity contribution in [2.45, 2.75) is 13.5 Å². The fraction of sp³-hybridized carbons (Fsp3) is 0.389. The number of ether oxygens (including phenoxy) is 1. The zero-order valence-corrected chi connectivity index (χ0v) is 14.4. The van der Waals surface area contributed by atoms with E-state index in [4.69, 9.17) is 16.3 Å². The molecule has 0 aliphatic carbocycles. The maximum absolute atomic E-state index is 12.3. The molecule has 1 atom stereocenters. The van der Waals surface area contributed by atoms with Gasteiger partial charge in [0.2, 0.25) is 0 Å². The fourth-order valence-corrected chi connectivity index (χ4v) is 2.54. The molecule has 1 N–H and O–H groups in total. The van der Waals surface area contributed by atoms with Crippen LogP contribution in [-0.2, 0) is 11.3 Å². The van der Waals surface area contributed by atoms with Crippen molar-refractivity contribution in [1.29, 1.82) is 0 Å². The Balaban J connectivity index is 0.000000219. The van der Waals surface area contributed by atoms with Gasteiger partial charge < -0.3 is 14.6 Å². The minimum Gasteiger partial charge on any atom is -0.380 e. The number of nitrogens with one attached hydrogen (secondary N) is 1. The molecule has 1 unspecified atom stereocenters. The average molecular weight is 353 g/mol. The highest BCUT2D eigenvalue weighted by Crippen LogP contribution is 2.05. The number of pyridine rings is 1. The molecule has 2 heterocycles. The molecular weight excluding hydrogens is 331 g/mol. The Morgan fingerprint density at radius 3 is 2.83 bits per heavy atom. The lowest BCUT2D eigenvalue weighted by Gasteiger charge is -2.15. The number of nitrogens with zero attached hydrogens (tertiary/aromatic N) is 1. The fourth-order valence-electron chi connectivity index (χ4n) is 2.36. The van der Waals surface area contributed by atoms with Crippen molar-refractivity contribution >= 4 is 11.6 Å². The summed E-state index contributed by atoms with van der Waals surface area (Å²) in [5, 5.41) is 3.55. The number of rotatable bonds is 2. The summed E-state index contributed by atoms with van der Waals surface area (Å²) in [6, 6.07) is 10.1. The van der Waals surface area contributed by atoms with Gasteiger partial charge in [0.15, 0.2) is 0 Å². The summed E-state index contributed by atoms with van der Waals surface area (Å²) < 4.78 is 19.4. The molecule has 0 radical (unpaired) electrons. The minimum absolute atomic E-state index is 0.131. The molecule has 0 bridgehead atoms. The first-order valence-corrected chi connectivity index (χ1v) is 8.30. The Kier molecular flexibility index (Phi) is 7.43. The molecule has 4 nitrogen and oxygen atoms in total. The Morgan fingerprint density at radius 1 is 1.33 bits per heavy atom. The third kappa shape index (κ3) is 5.74. The molecule has 1 aliphatic heterocycles. The van der Waals surface area contributed by atoms with Crippen molar-refractivity contribution in [3.8, 4) is 0 Å². The van der Waals surface area contributed by atoms with Gasteiger partial charge in [0.25, 0.3) is 5.56 Å². The van der Waals surface area contributed by atoms with E-state index in [1.165, 1.54) is 6.07 Å². The third-order valence-corrected chi connectivity index (χ3v) is 4.00. The lowest BCUT2D eigenvalue weighted by Crippen LogP contribution is -2.30. The molecule has 0 amide bonds. The number of halogens is 2. The minimum atomic E-state index is -0.132. The molecule has 1 saturated heterocycles. The predicted molar refractivity (Wildman–Crippen MR) is 94.0 cm³/mol. The molecule has 1 aromatic carbocycles. The lowest BCUT2D eigenvalue weighted by atomic mass is 10.1. The second-order valence-electron chi connectivity index (χ2n) is 5.71. The topological polar surface area (TPSA) is 43.3 Å². The molecule has 1 aromatic heterocycles. The second kappa shape index (κ2) is 9.57. The van der Waals surface area contributed by atoms with Crippen LogP contribution >= 0.6 is 11.6 Å². The van der Waals surface area contributed by atoms with E-state index in [0.29, 0.717) is 24.6 Å². The van der Waals surface area contributed by atoms with Crippen LogP contribution in [0.3, 0.4) is 0 Å². The molecular formula is C18H22ClFN2O2. The number of aryl methyl sites for hydroxylation is 1. The van der Waals surface area contributed by atoms with Gasteiger partial charge in [-0.15, -0.1) is 0 Å². The van der Waals surface area contributed by atoms with Crippen LogP contribution in [0.4, 0.5) is 4.39 Å². The van der Waals surface area contributed by atoms with Crippen LogP contribution in [0.2, 0.25) is 5.02 Å². The van der Waals surface area contributed by atoms with E-state index in [0.717, 1.165) is 19.7 Å². The SMILES string of the molecule is Cc1ccccc1F.O=c1c(Cl)cccn1CC1CNCCOC1. The highest BCUT2D eigenvalue weighted by atomic mass is 35.5. The zero-order valence-electron chi connectivity index (χ0n) is 13.7. The first-order chi connectivity index (χ1) is 11.6. The van der Waals surface area contributed by atoms with Crippen LogP contribution < -0.4 is 10.9 Å². The molecule has 2 aromatic rings. The standard InChI is InChI=1S/C11H15ClN2O2.C7H7F/c12-10-2-1-4-14(11(10)15)7-9-6-13-3-5-16-8-9;1-6-4-2-3-5-7(6)8/h1-2,4,9,13H,3,5-8H2;2-5H,1H3. The van der Waals surface area contributed by atoms with Crippen LogP contribution in [0, 0.1) is 18.7 Å². The van der Waals surface area contributed by atoms with Crippen molar-refractivity contribution in [3.63, 3.8) is 0 Å². The first kappa shape index (κ1) is 18.6. The molecule has 1 aliphatic rings. The Hall–Kier alpha value is -1.69. The van der Waals surface area contributed by atoms with E-state index in [2.05, 4.69) is 5.32 Å². The van der Waals surface area contributed by atoms with E-state index in [9.17, 15) is 9.18 Å². The maximum atomic E-state index is 12.3. The first-order valence-electron chi connectivity index (χ1n) is 7.92. The van der Waals surface area contributed by atoms with Gasteiger partial charge in [-0.25, -0.2) is 4.39 Å². The molecule has 0 saturated carbocycles. The van der Waals surface area contributed by atoms with Crippen LogP contribution in [0.5, 0.6) is 0 Å². The van der Waals surface area contributed by atoms with Gasteiger partial charge in [0, 0.05) is 31.7 Å². The number of benzene rings is 1. The normalized spacial score (nSPS) is 17.5. The Labute approximate surface area is 146 Å². The largest absolute Gasteiger partial charge is 0.380 e. The smallest absolute Gasteiger partial charge is 0.269 e. The monoisotopic (exact) mass is 352 g/mol. The summed E-state index contributed by atoms with van der Waals surface area (Å²) in [5.74, 6) is 0.186. The van der Waals surface area contributed by atoms with Gasteiger partial charge in [-0.1, -0.05) is 29.8 Å². The predicted octanol–water partition coefficient (Wildman–Crippen LogP) is 2.87. The summed E-state index contributed by atoms with van der Waals surface area (Å²) >= 11 is 5.78. The van der Waals surface area contributed by atoms with Crippen LogP contribution in [0.15, 0.2) is 47.4 Å². The summed E-state index contributed by atoms with van der Waals surface area (Å²) in [5.41, 5.74) is 0.570. The zero-order chi connectivity index (χ0) is 17.4.